The number of thiazole rings is 1. The van der Waals surface area contributed by atoms with Crippen LogP contribution in [-0.2, 0) is 17.7 Å². The highest BCUT2D eigenvalue weighted by atomic mass is 32.1. The molecule has 2 aliphatic rings. The Balaban J connectivity index is 1.49. The normalized spacial score (nSPS) is 17.7. The topological polar surface area (TPSA) is 95.5 Å². The fourth-order valence-electron chi connectivity index (χ4n) is 4.51. The van der Waals surface area contributed by atoms with Crippen molar-refractivity contribution in [2.45, 2.75) is 39.8 Å². The molecule has 3 aromatic rings. The molecule has 0 saturated carbocycles. The summed E-state index contributed by atoms with van der Waals surface area (Å²) in [6.45, 7) is 10.5. The Morgan fingerprint density at radius 1 is 1.20 bits per heavy atom. The van der Waals surface area contributed by atoms with Crippen molar-refractivity contribution in [3.05, 3.63) is 46.6 Å². The molecule has 1 saturated heterocycles. The number of amides is 2. The van der Waals surface area contributed by atoms with Gasteiger partial charge in [0.2, 0.25) is 0 Å². The van der Waals surface area contributed by atoms with Crippen LogP contribution in [0.4, 0.5) is 21.4 Å². The molecule has 35 heavy (non-hydrogen) atoms. The lowest BCUT2D eigenvalue weighted by atomic mass is 10.0. The number of fused-ring (bicyclic) bond motifs is 1. The van der Waals surface area contributed by atoms with E-state index in [-0.39, 0.29) is 12.1 Å². The van der Waals surface area contributed by atoms with Crippen LogP contribution in [0.25, 0.3) is 11.4 Å². The molecule has 4 heterocycles. The Morgan fingerprint density at radius 3 is 2.74 bits per heavy atom. The molecular weight excluding hydrogens is 462 g/mol. The zero-order chi connectivity index (χ0) is 24.4. The minimum atomic E-state index is -0.216. The standard InChI is InChI=1S/C25H31N7O2S/c1-4-26-24(33)28-19-7-5-18(6-8-19)22-29-21-13-31(25-27-16(2)15-35-25)10-9-20(21)23(30-22)32-11-12-34-14-17(32)3/h5-8,15,17H,4,9-14H2,1-3H3,(H2,26,28,33). The van der Waals surface area contributed by atoms with Crippen molar-refractivity contribution in [1.82, 2.24) is 20.3 Å². The highest BCUT2D eigenvalue weighted by molar-refractivity contribution is 7.13. The number of aromatic nitrogens is 3. The van der Waals surface area contributed by atoms with E-state index in [2.05, 4.69) is 32.7 Å². The summed E-state index contributed by atoms with van der Waals surface area (Å²) in [7, 11) is 0. The predicted octanol–water partition coefficient (Wildman–Crippen LogP) is 3.84. The monoisotopic (exact) mass is 493 g/mol. The first-order valence-corrected chi connectivity index (χ1v) is 13.0. The van der Waals surface area contributed by atoms with E-state index in [4.69, 9.17) is 19.7 Å². The van der Waals surface area contributed by atoms with E-state index < -0.39 is 0 Å². The van der Waals surface area contributed by atoms with Gasteiger partial charge in [0.1, 0.15) is 5.82 Å². The number of morpholine rings is 1. The highest BCUT2D eigenvalue weighted by Gasteiger charge is 2.29. The molecule has 1 unspecified atom stereocenters. The van der Waals surface area contributed by atoms with Crippen LogP contribution in [0, 0.1) is 6.92 Å². The van der Waals surface area contributed by atoms with Gasteiger partial charge in [-0.05, 0) is 51.5 Å². The molecule has 10 heteroatoms. The number of hydrogen-bond donors (Lipinski definition) is 2. The van der Waals surface area contributed by atoms with Gasteiger partial charge < -0.3 is 25.2 Å². The lowest BCUT2D eigenvalue weighted by Crippen LogP contribution is -2.45. The molecule has 5 rings (SSSR count). The number of nitrogens with one attached hydrogen (secondary N) is 2. The summed E-state index contributed by atoms with van der Waals surface area (Å²) in [6.07, 6.45) is 0.878. The molecule has 1 aromatic carbocycles. The van der Waals surface area contributed by atoms with Gasteiger partial charge in [-0.2, -0.15) is 0 Å². The minimum Gasteiger partial charge on any atom is -0.377 e. The van der Waals surface area contributed by atoms with Crippen LogP contribution in [0.2, 0.25) is 0 Å². The minimum absolute atomic E-state index is 0.216. The van der Waals surface area contributed by atoms with Gasteiger partial charge in [-0.3, -0.25) is 0 Å². The molecule has 2 amide bonds. The van der Waals surface area contributed by atoms with Crippen molar-refractivity contribution in [2.24, 2.45) is 0 Å². The first-order chi connectivity index (χ1) is 17.0. The number of anilines is 3. The zero-order valence-electron chi connectivity index (χ0n) is 20.4. The van der Waals surface area contributed by atoms with E-state index in [1.807, 2.05) is 38.1 Å². The van der Waals surface area contributed by atoms with Gasteiger partial charge in [0, 0.05) is 41.8 Å². The Bertz CT molecular complexity index is 1200. The molecule has 1 fully saturated rings. The Kier molecular flexibility index (Phi) is 6.83. The second-order valence-electron chi connectivity index (χ2n) is 8.92. The molecule has 2 aliphatic heterocycles. The van der Waals surface area contributed by atoms with Gasteiger partial charge in [0.05, 0.1) is 37.2 Å². The van der Waals surface area contributed by atoms with Gasteiger partial charge in [-0.1, -0.05) is 0 Å². The van der Waals surface area contributed by atoms with Crippen LogP contribution in [-0.4, -0.2) is 59.9 Å². The SMILES string of the molecule is CCNC(=O)Nc1ccc(-c2nc3c(c(N4CCOCC4C)n2)CCN(c2nc(C)cs2)C3)cc1. The smallest absolute Gasteiger partial charge is 0.319 e. The van der Waals surface area contributed by atoms with Gasteiger partial charge in [-0.25, -0.2) is 19.7 Å². The number of benzene rings is 1. The van der Waals surface area contributed by atoms with E-state index in [0.717, 1.165) is 53.1 Å². The number of carbonyl (C=O) groups is 1. The maximum atomic E-state index is 11.9. The largest absolute Gasteiger partial charge is 0.377 e. The summed E-state index contributed by atoms with van der Waals surface area (Å²) >= 11 is 1.68. The number of hydrogen-bond acceptors (Lipinski definition) is 8. The summed E-state index contributed by atoms with van der Waals surface area (Å²) in [5.74, 6) is 1.71. The fraction of sp³-hybridized carbons (Fsp3) is 0.440. The molecule has 0 aliphatic carbocycles. The van der Waals surface area contributed by atoms with Crippen molar-refractivity contribution in [1.29, 1.82) is 0 Å². The van der Waals surface area contributed by atoms with Crippen LogP contribution in [0.3, 0.4) is 0 Å². The summed E-state index contributed by atoms with van der Waals surface area (Å²) < 4.78 is 5.69. The summed E-state index contributed by atoms with van der Waals surface area (Å²) in [5, 5.41) is 8.71. The summed E-state index contributed by atoms with van der Waals surface area (Å²) in [6, 6.07) is 7.72. The van der Waals surface area contributed by atoms with Crippen molar-refractivity contribution >= 4 is 34.0 Å². The van der Waals surface area contributed by atoms with E-state index in [0.29, 0.717) is 32.1 Å². The third-order valence-corrected chi connectivity index (χ3v) is 7.32. The lowest BCUT2D eigenvalue weighted by molar-refractivity contribution is 0.0984. The van der Waals surface area contributed by atoms with E-state index in [1.54, 1.807) is 11.3 Å². The van der Waals surface area contributed by atoms with Crippen LogP contribution in [0.5, 0.6) is 0 Å². The number of carbonyl (C=O) groups excluding carboxylic acids is 1. The molecule has 184 valence electrons. The van der Waals surface area contributed by atoms with E-state index in [1.165, 1.54) is 5.56 Å². The second kappa shape index (κ2) is 10.2. The predicted molar refractivity (Wildman–Crippen MR) is 139 cm³/mol. The zero-order valence-corrected chi connectivity index (χ0v) is 21.2. The number of rotatable bonds is 5. The molecule has 0 spiro atoms. The molecule has 1 atom stereocenters. The first kappa shape index (κ1) is 23.5. The Labute approximate surface area is 209 Å². The highest BCUT2D eigenvalue weighted by Crippen LogP contribution is 2.34. The second-order valence-corrected chi connectivity index (χ2v) is 9.75. The molecular formula is C25H31N7O2S. The fourth-order valence-corrected chi connectivity index (χ4v) is 5.34. The maximum Gasteiger partial charge on any atom is 0.319 e. The van der Waals surface area contributed by atoms with Gasteiger partial charge in [-0.15, -0.1) is 11.3 Å². The van der Waals surface area contributed by atoms with Crippen LogP contribution in [0.1, 0.15) is 30.8 Å². The Hall–Kier alpha value is -3.24. The lowest BCUT2D eigenvalue weighted by Gasteiger charge is -2.37. The number of urea groups is 1. The van der Waals surface area contributed by atoms with Crippen molar-refractivity contribution in [2.75, 3.05) is 48.0 Å². The molecule has 2 aromatic heterocycles. The van der Waals surface area contributed by atoms with E-state index in [9.17, 15) is 4.79 Å². The van der Waals surface area contributed by atoms with Crippen LogP contribution >= 0.6 is 11.3 Å². The van der Waals surface area contributed by atoms with Gasteiger partial charge in [0.15, 0.2) is 11.0 Å². The van der Waals surface area contributed by atoms with Crippen molar-refractivity contribution in [3.63, 3.8) is 0 Å². The van der Waals surface area contributed by atoms with Gasteiger partial charge in [0.25, 0.3) is 0 Å². The van der Waals surface area contributed by atoms with Crippen molar-refractivity contribution < 1.29 is 9.53 Å². The van der Waals surface area contributed by atoms with E-state index >= 15 is 0 Å². The Morgan fingerprint density at radius 2 is 2.03 bits per heavy atom. The molecule has 0 bridgehead atoms. The van der Waals surface area contributed by atoms with Crippen LogP contribution in [0.15, 0.2) is 29.6 Å². The number of ether oxygens (including phenoxy) is 1. The molecule has 0 radical (unpaired) electrons. The third kappa shape index (κ3) is 5.08. The van der Waals surface area contributed by atoms with Crippen molar-refractivity contribution in [3.8, 4) is 11.4 Å². The summed E-state index contributed by atoms with van der Waals surface area (Å²) in [4.78, 5) is 31.3. The van der Waals surface area contributed by atoms with Crippen LogP contribution < -0.4 is 20.4 Å². The third-order valence-electron chi connectivity index (χ3n) is 6.30. The average Bonchev–Trinajstić information content (AvgIpc) is 3.30. The maximum absolute atomic E-state index is 11.9. The quantitative estimate of drug-likeness (QED) is 0.558. The molecule has 9 nitrogen and oxygen atoms in total. The molecule has 2 N–H and O–H groups in total. The average molecular weight is 494 g/mol. The summed E-state index contributed by atoms with van der Waals surface area (Å²) in [5.41, 5.74) is 4.96. The first-order valence-electron chi connectivity index (χ1n) is 12.1. The number of aryl methyl sites for hydroxylation is 1. The number of nitrogens with zero attached hydrogens (tertiary/aromatic N) is 5. The van der Waals surface area contributed by atoms with Gasteiger partial charge >= 0.3 is 6.03 Å².